The number of fused-ring (bicyclic) bond motifs is 1. The lowest BCUT2D eigenvalue weighted by molar-refractivity contribution is 0.457. The molecule has 0 saturated carbocycles. The summed E-state index contributed by atoms with van der Waals surface area (Å²) < 4.78 is 2.18. The molecule has 1 unspecified atom stereocenters. The number of hydrogen-bond donors (Lipinski definition) is 1. The van der Waals surface area contributed by atoms with Crippen LogP contribution in [0.15, 0.2) is 24.5 Å². The van der Waals surface area contributed by atoms with Crippen molar-refractivity contribution in [2.45, 2.75) is 25.7 Å². The predicted octanol–water partition coefficient (Wildman–Crippen LogP) is 2.11. The Morgan fingerprint density at radius 1 is 1.44 bits per heavy atom. The lowest BCUT2D eigenvalue weighted by Gasteiger charge is -2.21. The van der Waals surface area contributed by atoms with E-state index in [-0.39, 0.29) is 0 Å². The van der Waals surface area contributed by atoms with E-state index in [4.69, 9.17) is 0 Å². The third-order valence-corrected chi connectivity index (χ3v) is 3.49. The van der Waals surface area contributed by atoms with Gasteiger partial charge in [-0.2, -0.15) is 0 Å². The van der Waals surface area contributed by atoms with Crippen molar-refractivity contribution in [2.75, 3.05) is 13.1 Å². The molecule has 0 amide bonds. The molecule has 0 spiro atoms. The van der Waals surface area contributed by atoms with Crippen molar-refractivity contribution in [2.24, 2.45) is 0 Å². The van der Waals surface area contributed by atoms with Crippen LogP contribution in [0.3, 0.4) is 0 Å². The maximum atomic E-state index is 4.60. The minimum absolute atomic E-state index is 0.584. The van der Waals surface area contributed by atoms with E-state index in [1.54, 1.807) is 0 Å². The van der Waals surface area contributed by atoms with Crippen LogP contribution in [-0.4, -0.2) is 22.5 Å². The van der Waals surface area contributed by atoms with E-state index in [9.17, 15) is 0 Å². The summed E-state index contributed by atoms with van der Waals surface area (Å²) >= 11 is 0. The number of nitrogens with one attached hydrogen (secondary N) is 1. The topological polar surface area (TPSA) is 29.3 Å². The van der Waals surface area contributed by atoms with Crippen LogP contribution < -0.4 is 5.32 Å². The first kappa shape index (κ1) is 9.85. The molecule has 0 bridgehead atoms. The van der Waals surface area contributed by atoms with Crippen LogP contribution in [-0.2, 0) is 0 Å². The molecule has 1 aliphatic rings. The van der Waals surface area contributed by atoms with E-state index in [0.29, 0.717) is 5.92 Å². The quantitative estimate of drug-likeness (QED) is 0.789. The Morgan fingerprint density at radius 2 is 2.38 bits per heavy atom. The zero-order valence-electron chi connectivity index (χ0n) is 9.61. The molecule has 2 aromatic heterocycles. The Morgan fingerprint density at radius 3 is 3.19 bits per heavy atom. The lowest BCUT2D eigenvalue weighted by Crippen LogP contribution is -2.28. The van der Waals surface area contributed by atoms with Gasteiger partial charge >= 0.3 is 0 Å². The van der Waals surface area contributed by atoms with Crippen molar-refractivity contribution in [3.63, 3.8) is 0 Å². The van der Waals surface area contributed by atoms with E-state index in [2.05, 4.69) is 39.8 Å². The Hall–Kier alpha value is -1.35. The second-order valence-electron chi connectivity index (χ2n) is 4.60. The molecule has 1 saturated heterocycles. The van der Waals surface area contributed by atoms with Gasteiger partial charge in [0, 0.05) is 18.2 Å². The third-order valence-electron chi connectivity index (χ3n) is 3.49. The standard InChI is InChI=1S/C13H17N3/c1-10-4-2-6-12-13(15-9-16(10)12)11-5-3-7-14-8-11/h2,4,6,9,11,14H,3,5,7-8H2,1H3. The lowest BCUT2D eigenvalue weighted by atomic mass is 9.95. The average Bonchev–Trinajstić information content (AvgIpc) is 2.75. The second-order valence-corrected chi connectivity index (χ2v) is 4.60. The van der Waals surface area contributed by atoms with Crippen molar-refractivity contribution >= 4 is 5.52 Å². The number of pyridine rings is 1. The number of imidazole rings is 1. The average molecular weight is 215 g/mol. The van der Waals surface area contributed by atoms with Crippen LogP contribution in [0.1, 0.15) is 30.1 Å². The SMILES string of the molecule is Cc1cccc2c(C3CCCNC3)ncn12. The van der Waals surface area contributed by atoms with E-state index >= 15 is 0 Å². The summed E-state index contributed by atoms with van der Waals surface area (Å²) in [5, 5.41) is 3.45. The molecule has 3 heteroatoms. The zero-order valence-corrected chi connectivity index (χ0v) is 9.61. The largest absolute Gasteiger partial charge is 0.316 e. The molecular formula is C13H17N3. The van der Waals surface area contributed by atoms with E-state index in [0.717, 1.165) is 13.1 Å². The Labute approximate surface area is 95.5 Å². The maximum absolute atomic E-state index is 4.60. The molecular weight excluding hydrogens is 198 g/mol. The predicted molar refractivity (Wildman–Crippen MR) is 64.8 cm³/mol. The fourth-order valence-electron chi connectivity index (χ4n) is 2.58. The number of aromatic nitrogens is 2. The third kappa shape index (κ3) is 1.52. The van der Waals surface area contributed by atoms with E-state index < -0.39 is 0 Å². The van der Waals surface area contributed by atoms with Gasteiger partial charge in [0.1, 0.15) is 0 Å². The molecule has 16 heavy (non-hydrogen) atoms. The molecule has 84 valence electrons. The Kier molecular flexibility index (Phi) is 2.40. The van der Waals surface area contributed by atoms with Crippen molar-refractivity contribution in [1.82, 2.24) is 14.7 Å². The van der Waals surface area contributed by atoms with Gasteiger partial charge in [-0.05, 0) is 38.4 Å². The highest BCUT2D eigenvalue weighted by Crippen LogP contribution is 2.26. The van der Waals surface area contributed by atoms with Crippen molar-refractivity contribution in [3.8, 4) is 0 Å². The highest BCUT2D eigenvalue weighted by molar-refractivity contribution is 5.54. The summed E-state index contributed by atoms with van der Waals surface area (Å²) in [4.78, 5) is 4.60. The molecule has 3 rings (SSSR count). The number of aryl methyl sites for hydroxylation is 1. The first-order valence-electron chi connectivity index (χ1n) is 5.99. The molecule has 1 fully saturated rings. The van der Waals surface area contributed by atoms with Gasteiger partial charge in [-0.25, -0.2) is 4.98 Å². The first-order chi connectivity index (χ1) is 7.86. The minimum Gasteiger partial charge on any atom is -0.316 e. The molecule has 1 N–H and O–H groups in total. The van der Waals surface area contributed by atoms with Crippen molar-refractivity contribution in [1.29, 1.82) is 0 Å². The summed E-state index contributed by atoms with van der Waals surface area (Å²) in [6.07, 6.45) is 4.47. The summed E-state index contributed by atoms with van der Waals surface area (Å²) in [6, 6.07) is 6.41. The number of nitrogens with zero attached hydrogens (tertiary/aromatic N) is 2. The summed E-state index contributed by atoms with van der Waals surface area (Å²) in [7, 11) is 0. The van der Waals surface area contributed by atoms with E-state index in [1.807, 2.05) is 6.33 Å². The second kappa shape index (κ2) is 3.91. The number of hydrogen-bond acceptors (Lipinski definition) is 2. The fraction of sp³-hybridized carbons (Fsp3) is 0.462. The Bertz CT molecular complexity index is 495. The van der Waals surface area contributed by atoms with Crippen LogP contribution in [0.2, 0.25) is 0 Å². The van der Waals surface area contributed by atoms with Gasteiger partial charge in [-0.3, -0.25) is 0 Å². The first-order valence-corrected chi connectivity index (χ1v) is 5.99. The highest BCUT2D eigenvalue weighted by atomic mass is 15.0. The normalized spacial score (nSPS) is 21.4. The van der Waals surface area contributed by atoms with Gasteiger partial charge in [0.2, 0.25) is 0 Å². The van der Waals surface area contributed by atoms with Crippen LogP contribution in [0.25, 0.3) is 5.52 Å². The highest BCUT2D eigenvalue weighted by Gasteiger charge is 2.19. The zero-order chi connectivity index (χ0) is 11.0. The minimum atomic E-state index is 0.584. The molecule has 2 aromatic rings. The molecule has 0 aliphatic carbocycles. The maximum Gasteiger partial charge on any atom is 0.0997 e. The summed E-state index contributed by atoms with van der Waals surface area (Å²) in [5.41, 5.74) is 3.78. The van der Waals surface area contributed by atoms with Crippen LogP contribution in [0, 0.1) is 6.92 Å². The van der Waals surface area contributed by atoms with Crippen molar-refractivity contribution in [3.05, 3.63) is 35.9 Å². The molecule has 1 atom stereocenters. The number of piperidine rings is 1. The molecule has 3 heterocycles. The van der Waals surface area contributed by atoms with Gasteiger partial charge in [0.15, 0.2) is 0 Å². The van der Waals surface area contributed by atoms with Gasteiger partial charge in [-0.15, -0.1) is 0 Å². The van der Waals surface area contributed by atoms with Crippen LogP contribution in [0.4, 0.5) is 0 Å². The van der Waals surface area contributed by atoms with Crippen LogP contribution >= 0.6 is 0 Å². The van der Waals surface area contributed by atoms with E-state index in [1.165, 1.54) is 29.7 Å². The molecule has 3 nitrogen and oxygen atoms in total. The van der Waals surface area contributed by atoms with Gasteiger partial charge in [-0.1, -0.05) is 6.07 Å². The summed E-state index contributed by atoms with van der Waals surface area (Å²) in [5.74, 6) is 0.584. The molecule has 0 aromatic carbocycles. The van der Waals surface area contributed by atoms with Gasteiger partial charge in [0.25, 0.3) is 0 Å². The summed E-state index contributed by atoms with van der Waals surface area (Å²) in [6.45, 7) is 4.35. The molecule has 1 aliphatic heterocycles. The monoisotopic (exact) mass is 215 g/mol. The molecule has 0 radical (unpaired) electrons. The van der Waals surface area contributed by atoms with Crippen LogP contribution in [0.5, 0.6) is 0 Å². The van der Waals surface area contributed by atoms with Crippen molar-refractivity contribution < 1.29 is 0 Å². The van der Waals surface area contributed by atoms with Gasteiger partial charge in [0.05, 0.1) is 17.5 Å². The smallest absolute Gasteiger partial charge is 0.0997 e. The number of rotatable bonds is 1. The Balaban J connectivity index is 2.06. The fourth-order valence-corrected chi connectivity index (χ4v) is 2.58. The van der Waals surface area contributed by atoms with Gasteiger partial charge < -0.3 is 9.72 Å².